The Labute approximate surface area is 382 Å². The Kier molecular flexibility index (Phi) is 50.5. The molecule has 61 heavy (non-hydrogen) atoms. The van der Waals surface area contributed by atoms with E-state index in [1.807, 2.05) is 0 Å². The van der Waals surface area contributed by atoms with Crippen LogP contribution in [-0.2, 0) is 4.79 Å². The van der Waals surface area contributed by atoms with Gasteiger partial charge in [0.1, 0.15) is 6.10 Å². The highest BCUT2D eigenvalue weighted by Crippen LogP contribution is 2.17. The van der Waals surface area contributed by atoms with Gasteiger partial charge in [-0.2, -0.15) is 0 Å². The summed E-state index contributed by atoms with van der Waals surface area (Å²) < 4.78 is 0. The van der Waals surface area contributed by atoms with Crippen LogP contribution < -0.4 is 5.32 Å². The van der Waals surface area contributed by atoms with Crippen molar-refractivity contribution < 1.29 is 20.1 Å². The molecule has 1 amide bonds. The van der Waals surface area contributed by atoms with Crippen LogP contribution >= 0.6 is 0 Å². The summed E-state index contributed by atoms with van der Waals surface area (Å²) in [5.74, 6) is -0.467. The van der Waals surface area contributed by atoms with E-state index in [0.29, 0.717) is 12.8 Å². The average molecular weight is 860 g/mol. The molecule has 3 unspecified atom stereocenters. The lowest BCUT2D eigenvalue weighted by atomic mass is 10.0. The van der Waals surface area contributed by atoms with Crippen molar-refractivity contribution in [1.82, 2.24) is 5.32 Å². The van der Waals surface area contributed by atoms with Gasteiger partial charge in [-0.15, -0.1) is 0 Å². The highest BCUT2D eigenvalue weighted by Gasteiger charge is 2.23. The largest absolute Gasteiger partial charge is 0.394 e. The zero-order valence-corrected chi connectivity index (χ0v) is 41.3. The first-order valence-electron chi connectivity index (χ1n) is 27.6. The smallest absolute Gasteiger partial charge is 0.249 e. The molecule has 0 aromatic carbocycles. The van der Waals surface area contributed by atoms with Crippen molar-refractivity contribution in [3.63, 3.8) is 0 Å². The van der Waals surface area contributed by atoms with E-state index >= 15 is 0 Å². The molecule has 0 radical (unpaired) electrons. The predicted molar refractivity (Wildman–Crippen MR) is 268 cm³/mol. The van der Waals surface area contributed by atoms with Crippen molar-refractivity contribution in [2.45, 2.75) is 321 Å². The van der Waals surface area contributed by atoms with Gasteiger partial charge >= 0.3 is 0 Å². The molecule has 5 nitrogen and oxygen atoms in total. The number of carbonyl (C=O) groups is 1. The molecule has 0 fully saturated rings. The van der Waals surface area contributed by atoms with E-state index in [2.05, 4.69) is 43.5 Å². The molecule has 0 aliphatic heterocycles. The normalized spacial score (nSPS) is 13.5. The van der Waals surface area contributed by atoms with E-state index in [-0.39, 0.29) is 6.61 Å². The first-order chi connectivity index (χ1) is 30.1. The topological polar surface area (TPSA) is 89.8 Å². The summed E-state index contributed by atoms with van der Waals surface area (Å²) in [6, 6.07) is -0.709. The van der Waals surface area contributed by atoms with Crippen LogP contribution in [-0.4, -0.2) is 46.1 Å². The zero-order chi connectivity index (χ0) is 44.4. The quantitative estimate of drug-likeness (QED) is 0.0362. The van der Waals surface area contributed by atoms with Crippen molar-refractivity contribution in [1.29, 1.82) is 0 Å². The second-order valence-corrected chi connectivity index (χ2v) is 19.1. The van der Waals surface area contributed by atoms with Crippen molar-refractivity contribution >= 4 is 5.91 Å². The van der Waals surface area contributed by atoms with Crippen molar-refractivity contribution in [3.8, 4) is 0 Å². The summed E-state index contributed by atoms with van der Waals surface area (Å²) in [5, 5.41) is 33.4. The van der Waals surface area contributed by atoms with Crippen LogP contribution in [0, 0.1) is 0 Å². The third-order valence-electron chi connectivity index (χ3n) is 13.1. The van der Waals surface area contributed by atoms with E-state index < -0.39 is 24.2 Å². The first-order valence-corrected chi connectivity index (χ1v) is 27.6. The lowest BCUT2D eigenvalue weighted by molar-refractivity contribution is -0.131. The minimum atomic E-state index is -1.07. The van der Waals surface area contributed by atoms with Crippen LogP contribution in [0.2, 0.25) is 0 Å². The molecule has 0 bridgehead atoms. The fourth-order valence-corrected chi connectivity index (χ4v) is 8.75. The number of nitrogens with one attached hydrogen (secondary N) is 1. The Bertz CT molecular complexity index is 905. The maximum absolute atomic E-state index is 12.5. The molecule has 4 N–H and O–H groups in total. The average Bonchev–Trinajstić information content (AvgIpc) is 3.26. The molecule has 0 rings (SSSR count). The number of aliphatic hydroxyl groups is 3. The van der Waals surface area contributed by atoms with Gasteiger partial charge in [0.2, 0.25) is 5.91 Å². The molecule has 0 heterocycles. The fraction of sp³-hybridized carbons (Fsp3) is 0.911. The molecule has 0 saturated heterocycles. The van der Waals surface area contributed by atoms with Crippen LogP contribution in [0.5, 0.6) is 0 Å². The summed E-state index contributed by atoms with van der Waals surface area (Å²) in [4.78, 5) is 12.5. The lowest BCUT2D eigenvalue weighted by Gasteiger charge is -2.23. The molecule has 0 aromatic heterocycles. The summed E-state index contributed by atoms with van der Waals surface area (Å²) in [7, 11) is 0. The Morgan fingerprint density at radius 2 is 0.672 bits per heavy atom. The number of hydrogen-bond acceptors (Lipinski definition) is 4. The number of allylic oxidation sites excluding steroid dienone is 4. The fourth-order valence-electron chi connectivity index (χ4n) is 8.75. The van der Waals surface area contributed by atoms with E-state index in [4.69, 9.17) is 0 Å². The van der Waals surface area contributed by atoms with Crippen LogP contribution in [0.15, 0.2) is 24.3 Å². The van der Waals surface area contributed by atoms with Gasteiger partial charge in [0.15, 0.2) is 0 Å². The second kappa shape index (κ2) is 51.5. The summed E-state index contributed by atoms with van der Waals surface area (Å²) in [6.45, 7) is 4.25. The van der Waals surface area contributed by atoms with E-state index in [1.165, 1.54) is 238 Å². The number of hydrogen-bond donors (Lipinski definition) is 4. The second-order valence-electron chi connectivity index (χ2n) is 19.1. The van der Waals surface area contributed by atoms with Crippen molar-refractivity contribution in [2.75, 3.05) is 6.61 Å². The molecule has 0 aliphatic carbocycles. The highest BCUT2D eigenvalue weighted by atomic mass is 16.3. The minimum Gasteiger partial charge on any atom is -0.394 e. The van der Waals surface area contributed by atoms with E-state index in [1.54, 1.807) is 0 Å². The Balaban J connectivity index is 3.48. The van der Waals surface area contributed by atoms with Crippen LogP contribution in [0.4, 0.5) is 0 Å². The molecule has 0 saturated carbocycles. The van der Waals surface area contributed by atoms with E-state index in [0.717, 1.165) is 38.5 Å². The number of rotatable bonds is 51. The number of carbonyl (C=O) groups excluding carboxylic acids is 1. The molecule has 0 aliphatic rings. The van der Waals surface area contributed by atoms with E-state index in [9.17, 15) is 20.1 Å². The summed E-state index contributed by atoms with van der Waals surface area (Å²) in [5.41, 5.74) is 0. The first kappa shape index (κ1) is 59.8. The van der Waals surface area contributed by atoms with Crippen LogP contribution in [0.3, 0.4) is 0 Å². The van der Waals surface area contributed by atoms with Gasteiger partial charge in [0.05, 0.1) is 18.8 Å². The predicted octanol–water partition coefficient (Wildman–Crippen LogP) is 16.9. The van der Waals surface area contributed by atoms with Crippen molar-refractivity contribution in [3.05, 3.63) is 24.3 Å². The number of amides is 1. The van der Waals surface area contributed by atoms with Crippen LogP contribution in [0.25, 0.3) is 0 Å². The number of unbranched alkanes of at least 4 members (excludes halogenated alkanes) is 39. The minimum absolute atomic E-state index is 0.311. The molecule has 0 aromatic rings. The van der Waals surface area contributed by atoms with Gasteiger partial charge in [-0.05, 0) is 44.9 Å². The number of aliphatic hydroxyl groups excluding tert-OH is 3. The third-order valence-corrected chi connectivity index (χ3v) is 13.1. The third kappa shape index (κ3) is 46.6. The maximum atomic E-state index is 12.5. The molecule has 3 atom stereocenters. The van der Waals surface area contributed by atoms with Gasteiger partial charge in [-0.3, -0.25) is 4.79 Å². The SMILES string of the molecule is CCCCCCCCCCCCC/C=C\C/C=C\CCCCCCCCCCCCCCCCCCC(O)C(=O)NC(CO)C(O)CCCCCCCCCCCCCCC. The molecular formula is C56H109NO4. The molecular weight excluding hydrogens is 751 g/mol. The Morgan fingerprint density at radius 3 is 0.984 bits per heavy atom. The summed E-state index contributed by atoms with van der Waals surface area (Å²) in [6.07, 6.45) is 65.2. The van der Waals surface area contributed by atoms with Gasteiger partial charge in [0.25, 0.3) is 0 Å². The van der Waals surface area contributed by atoms with Gasteiger partial charge < -0.3 is 20.6 Å². The molecule has 0 spiro atoms. The summed E-state index contributed by atoms with van der Waals surface area (Å²) >= 11 is 0. The Hall–Kier alpha value is -1.17. The van der Waals surface area contributed by atoms with Crippen molar-refractivity contribution in [2.24, 2.45) is 0 Å². The van der Waals surface area contributed by atoms with Gasteiger partial charge in [0, 0.05) is 0 Å². The monoisotopic (exact) mass is 860 g/mol. The zero-order valence-electron chi connectivity index (χ0n) is 41.3. The molecule has 362 valence electrons. The Morgan fingerprint density at radius 1 is 0.393 bits per heavy atom. The lowest BCUT2D eigenvalue weighted by Crippen LogP contribution is -2.49. The highest BCUT2D eigenvalue weighted by molar-refractivity contribution is 5.80. The molecule has 5 heteroatoms. The van der Waals surface area contributed by atoms with Crippen LogP contribution in [0.1, 0.15) is 303 Å². The maximum Gasteiger partial charge on any atom is 0.249 e. The van der Waals surface area contributed by atoms with Gasteiger partial charge in [-0.1, -0.05) is 282 Å². The van der Waals surface area contributed by atoms with Gasteiger partial charge in [-0.25, -0.2) is 0 Å². The standard InChI is InChI=1S/C56H109NO4/c1-3-5-7-9-11-13-15-17-18-19-20-21-22-23-24-25-26-27-28-29-30-31-32-33-34-35-36-37-39-41-43-45-47-49-51-55(60)56(61)57-53(52-58)54(59)50-48-46-44-42-40-38-16-14-12-10-8-6-4-2/h22-23,25-26,53-55,58-60H,3-21,24,27-52H2,1-2H3,(H,57,61)/b23-22-,26-25-.